The van der Waals surface area contributed by atoms with E-state index in [0.29, 0.717) is 0 Å². The van der Waals surface area contributed by atoms with Gasteiger partial charge in [-0.25, -0.2) is 12.1 Å². The van der Waals surface area contributed by atoms with E-state index in [1.165, 1.54) is 51.4 Å². The van der Waals surface area contributed by atoms with Crippen LogP contribution in [0.5, 0.6) is 0 Å². The molecular weight excluding hydrogens is 435 g/mol. The summed E-state index contributed by atoms with van der Waals surface area (Å²) >= 11 is 0. The Bertz CT molecular complexity index is 421. The molecule has 4 rings (SSSR count). The zero-order chi connectivity index (χ0) is 12.2. The second-order valence-electron chi connectivity index (χ2n) is 5.57. The van der Waals surface area contributed by atoms with Crippen molar-refractivity contribution < 1.29 is 51.0 Å². The minimum Gasteiger partial charge on any atom is -1.00 e. The van der Waals surface area contributed by atoms with Crippen LogP contribution in [0, 0.1) is 0 Å². The first-order valence-electron chi connectivity index (χ1n) is 7.40. The van der Waals surface area contributed by atoms with Gasteiger partial charge in [-0.05, 0) is 21.9 Å². The molecule has 23 heavy (non-hydrogen) atoms. The molecule has 0 amide bonds. The maximum atomic E-state index is 2.26. The predicted molar refractivity (Wildman–Crippen MR) is 97.2 cm³/mol. The van der Waals surface area contributed by atoms with Gasteiger partial charge in [-0.2, -0.15) is 46.5 Å². The Hall–Kier alpha value is 0.597. The van der Waals surface area contributed by atoms with E-state index in [-0.39, 0.29) is 72.9 Å². The normalized spacial score (nSPS) is 13.6. The summed E-state index contributed by atoms with van der Waals surface area (Å²) in [5, 5.41) is 0. The standard InChI is InChI=1S/2C9H11.2ClH.2H3Si.Zr/c2*1-2-5-9-7-3-6-8(9)4-1;;;;;/h2*3,6-7H,1-2,4-5H2;2*1H;2*1H3;/q2*-1;;;;;+2/p-2. The van der Waals surface area contributed by atoms with E-state index in [1.54, 1.807) is 22.3 Å². The molecule has 5 heteroatoms. The van der Waals surface area contributed by atoms with E-state index >= 15 is 0 Å². The van der Waals surface area contributed by atoms with Gasteiger partial charge in [0, 0.05) is 0 Å². The molecule has 2 aliphatic carbocycles. The van der Waals surface area contributed by atoms with E-state index in [0.717, 1.165) is 0 Å². The van der Waals surface area contributed by atoms with Gasteiger partial charge in [-0.15, -0.1) is 0 Å². The number of hydrogen-bond donors (Lipinski definition) is 0. The Labute approximate surface area is 181 Å². The number of fused-ring (bicyclic) bond motifs is 2. The molecule has 2 aromatic rings. The minimum atomic E-state index is 0. The Morgan fingerprint density at radius 1 is 0.609 bits per heavy atom. The molecule has 0 heterocycles. The molecular formula is C18H28Cl2Si2Zr-2. The van der Waals surface area contributed by atoms with Crippen LogP contribution >= 0.6 is 0 Å². The molecule has 0 saturated carbocycles. The van der Waals surface area contributed by atoms with Gasteiger partial charge in [0.2, 0.25) is 0 Å². The van der Waals surface area contributed by atoms with Gasteiger partial charge in [0.05, 0.1) is 0 Å². The maximum absolute atomic E-state index is 2.26. The predicted octanol–water partition coefficient (Wildman–Crippen LogP) is -3.79. The SMILES string of the molecule is [Cl-].[Cl-].[SiH3].[SiH3].[Zr+2].c1cc2c([cH-]1)CCCC2.c1cc2c([cH-]1)CCCC2. The molecule has 0 N–H and O–H groups in total. The van der Waals surface area contributed by atoms with Gasteiger partial charge in [0.25, 0.3) is 0 Å². The van der Waals surface area contributed by atoms with Crippen LogP contribution < -0.4 is 24.8 Å². The second-order valence-corrected chi connectivity index (χ2v) is 5.57. The summed E-state index contributed by atoms with van der Waals surface area (Å²) in [4.78, 5) is 0. The molecule has 0 fully saturated rings. The van der Waals surface area contributed by atoms with Crippen molar-refractivity contribution in [3.63, 3.8) is 0 Å². The third kappa shape index (κ3) is 8.01. The summed E-state index contributed by atoms with van der Waals surface area (Å²) in [5.74, 6) is 0. The van der Waals surface area contributed by atoms with Crippen LogP contribution in [0.4, 0.5) is 0 Å². The summed E-state index contributed by atoms with van der Waals surface area (Å²) in [6.07, 6.45) is 10.9. The van der Waals surface area contributed by atoms with Crippen LogP contribution in [0.15, 0.2) is 36.4 Å². The van der Waals surface area contributed by atoms with E-state index in [1.807, 2.05) is 0 Å². The van der Waals surface area contributed by atoms with Crippen LogP contribution in [0.1, 0.15) is 47.9 Å². The van der Waals surface area contributed by atoms with Gasteiger partial charge in [0.15, 0.2) is 0 Å². The van der Waals surface area contributed by atoms with Crippen molar-refractivity contribution in [2.45, 2.75) is 51.4 Å². The third-order valence-electron chi connectivity index (χ3n) is 4.30. The summed E-state index contributed by atoms with van der Waals surface area (Å²) in [5.41, 5.74) is 6.39. The van der Waals surface area contributed by atoms with Crippen LogP contribution in [0.3, 0.4) is 0 Å². The van der Waals surface area contributed by atoms with Crippen molar-refractivity contribution in [2.24, 2.45) is 0 Å². The molecule has 128 valence electrons. The topological polar surface area (TPSA) is 0 Å². The van der Waals surface area contributed by atoms with Gasteiger partial charge in [-0.1, -0.05) is 51.4 Å². The molecule has 2 radical (unpaired) electrons. The molecule has 2 aliphatic rings. The molecule has 2 aromatic carbocycles. The summed E-state index contributed by atoms with van der Waals surface area (Å²) in [6, 6.07) is 13.4. The number of rotatable bonds is 0. The van der Waals surface area contributed by atoms with Gasteiger partial charge >= 0.3 is 26.2 Å². The van der Waals surface area contributed by atoms with Crippen molar-refractivity contribution in [3.8, 4) is 0 Å². The van der Waals surface area contributed by atoms with Gasteiger partial charge < -0.3 is 24.8 Å². The number of aryl methyl sites for hydroxylation is 4. The van der Waals surface area contributed by atoms with Gasteiger partial charge in [-0.3, -0.25) is 0 Å². The zero-order valence-corrected chi connectivity index (χ0v) is 22.3. The fourth-order valence-electron chi connectivity index (χ4n) is 3.23. The van der Waals surface area contributed by atoms with Crippen molar-refractivity contribution in [1.29, 1.82) is 0 Å². The monoisotopic (exact) mass is 460 g/mol. The number of halogens is 2. The van der Waals surface area contributed by atoms with Gasteiger partial charge in [0.1, 0.15) is 0 Å². The van der Waals surface area contributed by atoms with E-state index in [2.05, 4.69) is 36.4 Å². The smallest absolute Gasteiger partial charge is 1.00 e. The van der Waals surface area contributed by atoms with E-state index < -0.39 is 0 Å². The summed E-state index contributed by atoms with van der Waals surface area (Å²) in [6.45, 7) is 0. The molecule has 0 aromatic heterocycles. The molecule has 0 bridgehead atoms. The minimum absolute atomic E-state index is 0. The largest absolute Gasteiger partial charge is 2.00 e. The Balaban J connectivity index is -0.000000286. The quantitative estimate of drug-likeness (QED) is 0.278. The number of hydrogen-bond acceptors (Lipinski definition) is 0. The van der Waals surface area contributed by atoms with Crippen LogP contribution in [0.2, 0.25) is 0 Å². The Morgan fingerprint density at radius 2 is 0.957 bits per heavy atom. The average molecular weight is 463 g/mol. The van der Waals surface area contributed by atoms with Crippen molar-refractivity contribution in [1.82, 2.24) is 0 Å². The maximum Gasteiger partial charge on any atom is 2.00 e. The molecule has 0 atom stereocenters. The zero-order valence-electron chi connectivity index (χ0n) is 14.4. The summed E-state index contributed by atoms with van der Waals surface area (Å²) < 4.78 is 0. The van der Waals surface area contributed by atoms with Crippen LogP contribution in [-0.4, -0.2) is 21.9 Å². The first-order valence-corrected chi connectivity index (χ1v) is 7.40. The Morgan fingerprint density at radius 3 is 1.30 bits per heavy atom. The van der Waals surface area contributed by atoms with E-state index in [9.17, 15) is 0 Å². The molecule has 0 spiro atoms. The van der Waals surface area contributed by atoms with Crippen molar-refractivity contribution in [3.05, 3.63) is 58.7 Å². The molecule has 0 unspecified atom stereocenters. The first-order chi connectivity index (χ1) is 8.93. The molecule has 0 aliphatic heterocycles. The van der Waals surface area contributed by atoms with Crippen molar-refractivity contribution in [2.75, 3.05) is 0 Å². The van der Waals surface area contributed by atoms with Crippen molar-refractivity contribution >= 4 is 21.9 Å². The first kappa shape index (κ1) is 28.4. The average Bonchev–Trinajstić information content (AvgIpc) is 3.08. The molecule has 0 saturated heterocycles. The second kappa shape index (κ2) is 14.9. The Kier molecular flexibility index (Phi) is 18.4. The van der Waals surface area contributed by atoms with E-state index in [4.69, 9.17) is 0 Å². The fourth-order valence-corrected chi connectivity index (χ4v) is 3.23. The molecule has 0 nitrogen and oxygen atoms in total. The third-order valence-corrected chi connectivity index (χ3v) is 4.30. The summed E-state index contributed by atoms with van der Waals surface area (Å²) in [7, 11) is 0. The fraction of sp³-hybridized carbons (Fsp3) is 0.444. The van der Waals surface area contributed by atoms with Crippen LogP contribution in [0.25, 0.3) is 0 Å². The van der Waals surface area contributed by atoms with Crippen LogP contribution in [-0.2, 0) is 51.9 Å².